The van der Waals surface area contributed by atoms with Crippen LogP contribution in [0.25, 0.3) is 0 Å². The van der Waals surface area contributed by atoms with Gasteiger partial charge in [-0.3, -0.25) is 9.69 Å². The summed E-state index contributed by atoms with van der Waals surface area (Å²) < 4.78 is 5.15. The van der Waals surface area contributed by atoms with Crippen LogP contribution in [0.15, 0.2) is 18.2 Å². The third kappa shape index (κ3) is 4.85. The highest BCUT2D eigenvalue weighted by molar-refractivity contribution is 6.30. The molecule has 0 bridgehead atoms. The van der Waals surface area contributed by atoms with Gasteiger partial charge in [-0.25, -0.2) is 0 Å². The number of piperazine rings is 1. The fourth-order valence-electron chi connectivity index (χ4n) is 2.56. The highest BCUT2D eigenvalue weighted by Gasteiger charge is 2.20. The second kappa shape index (κ2) is 7.99. The lowest BCUT2D eigenvalue weighted by molar-refractivity contribution is -0.130. The zero-order chi connectivity index (χ0) is 15.2. The smallest absolute Gasteiger partial charge is 0.237 e. The van der Waals surface area contributed by atoms with E-state index in [9.17, 15) is 4.79 Å². The summed E-state index contributed by atoms with van der Waals surface area (Å²) in [6.07, 6.45) is 0. The van der Waals surface area contributed by atoms with E-state index in [1.54, 1.807) is 7.11 Å². The van der Waals surface area contributed by atoms with Crippen molar-refractivity contribution in [2.24, 2.45) is 0 Å². The Morgan fingerprint density at radius 3 is 2.48 bits per heavy atom. The number of benzene rings is 1. The molecule has 4 nitrogen and oxygen atoms in total. The molecule has 6 heteroatoms. The van der Waals surface area contributed by atoms with Crippen molar-refractivity contribution in [3.05, 3.63) is 34.3 Å². The summed E-state index contributed by atoms with van der Waals surface area (Å²) in [6.45, 7) is 4.57. The van der Waals surface area contributed by atoms with Crippen LogP contribution in [0.1, 0.15) is 11.1 Å². The molecule has 1 aliphatic heterocycles. The molecule has 0 N–H and O–H groups in total. The van der Waals surface area contributed by atoms with Crippen molar-refractivity contribution in [3.8, 4) is 0 Å². The SMILES string of the molecule is COCc1cc(Cl)cc(CN2CCN(C(=O)CCl)CC2)c1. The molecule has 0 radical (unpaired) electrons. The number of carbonyl (C=O) groups is 1. The van der Waals surface area contributed by atoms with Gasteiger partial charge in [0.1, 0.15) is 5.88 Å². The lowest BCUT2D eigenvalue weighted by atomic mass is 10.1. The van der Waals surface area contributed by atoms with Gasteiger partial charge in [-0.05, 0) is 23.3 Å². The molecular weight excluding hydrogens is 311 g/mol. The molecule has 0 spiro atoms. The molecule has 1 saturated heterocycles. The highest BCUT2D eigenvalue weighted by Crippen LogP contribution is 2.18. The molecule has 0 aromatic heterocycles. The van der Waals surface area contributed by atoms with Crippen molar-refractivity contribution in [3.63, 3.8) is 0 Å². The van der Waals surface area contributed by atoms with E-state index in [1.807, 2.05) is 17.0 Å². The first-order valence-corrected chi connectivity index (χ1v) is 7.87. The summed E-state index contributed by atoms with van der Waals surface area (Å²) in [6, 6.07) is 6.02. The maximum Gasteiger partial charge on any atom is 0.237 e. The van der Waals surface area contributed by atoms with Gasteiger partial charge < -0.3 is 9.64 Å². The molecule has 21 heavy (non-hydrogen) atoms. The normalized spacial score (nSPS) is 16.2. The number of ether oxygens (including phenoxy) is 1. The first-order chi connectivity index (χ1) is 10.1. The first kappa shape index (κ1) is 16.6. The van der Waals surface area contributed by atoms with Gasteiger partial charge in [-0.15, -0.1) is 11.6 Å². The van der Waals surface area contributed by atoms with Crippen LogP contribution in [0.3, 0.4) is 0 Å². The highest BCUT2D eigenvalue weighted by atomic mass is 35.5. The molecule has 1 heterocycles. The summed E-state index contributed by atoms with van der Waals surface area (Å²) in [5.74, 6) is 0.0794. The van der Waals surface area contributed by atoms with Gasteiger partial charge in [0.15, 0.2) is 0 Å². The van der Waals surface area contributed by atoms with E-state index in [0.29, 0.717) is 6.61 Å². The monoisotopic (exact) mass is 330 g/mol. The van der Waals surface area contributed by atoms with E-state index in [4.69, 9.17) is 27.9 Å². The predicted molar refractivity (Wildman–Crippen MR) is 84.7 cm³/mol. The quantitative estimate of drug-likeness (QED) is 0.777. The lowest BCUT2D eigenvalue weighted by Crippen LogP contribution is -2.48. The molecule has 2 rings (SSSR count). The Bertz CT molecular complexity index is 489. The third-order valence-electron chi connectivity index (χ3n) is 3.57. The van der Waals surface area contributed by atoms with Crippen molar-refractivity contribution >= 4 is 29.1 Å². The van der Waals surface area contributed by atoms with Crippen molar-refractivity contribution in [1.82, 2.24) is 9.80 Å². The van der Waals surface area contributed by atoms with Gasteiger partial charge in [0.05, 0.1) is 6.61 Å². The molecule has 1 aliphatic rings. The lowest BCUT2D eigenvalue weighted by Gasteiger charge is -2.34. The Kier molecular flexibility index (Phi) is 6.30. The van der Waals surface area contributed by atoms with E-state index in [2.05, 4.69) is 11.0 Å². The molecule has 0 atom stereocenters. The zero-order valence-electron chi connectivity index (χ0n) is 12.1. The second-order valence-electron chi connectivity index (χ2n) is 5.19. The summed E-state index contributed by atoms with van der Waals surface area (Å²) in [5.41, 5.74) is 2.25. The number of nitrogens with zero attached hydrogens (tertiary/aromatic N) is 2. The predicted octanol–water partition coefficient (Wildman–Crippen LogP) is 2.37. The number of hydrogen-bond acceptors (Lipinski definition) is 3. The maximum atomic E-state index is 11.5. The van der Waals surface area contributed by atoms with Crippen LogP contribution < -0.4 is 0 Å². The van der Waals surface area contributed by atoms with Crippen molar-refractivity contribution in [2.75, 3.05) is 39.2 Å². The van der Waals surface area contributed by atoms with Crippen LogP contribution in [0, 0.1) is 0 Å². The van der Waals surface area contributed by atoms with E-state index < -0.39 is 0 Å². The fourth-order valence-corrected chi connectivity index (χ4v) is 3.01. The van der Waals surface area contributed by atoms with Crippen LogP contribution in [0.4, 0.5) is 0 Å². The third-order valence-corrected chi connectivity index (χ3v) is 4.02. The Balaban J connectivity index is 1.92. The van der Waals surface area contributed by atoms with E-state index in [-0.39, 0.29) is 11.8 Å². The summed E-state index contributed by atoms with van der Waals surface area (Å²) in [4.78, 5) is 15.7. The molecule has 0 aliphatic carbocycles. The minimum atomic E-state index is 0.0152. The molecule has 1 aromatic carbocycles. The Hall–Kier alpha value is -0.810. The van der Waals surface area contributed by atoms with Gasteiger partial charge >= 0.3 is 0 Å². The number of carbonyl (C=O) groups excluding carboxylic acids is 1. The largest absolute Gasteiger partial charge is 0.380 e. The summed E-state index contributed by atoms with van der Waals surface area (Å²) >= 11 is 11.7. The molecule has 116 valence electrons. The Morgan fingerprint density at radius 1 is 1.19 bits per heavy atom. The average molecular weight is 331 g/mol. The van der Waals surface area contributed by atoms with Crippen LogP contribution >= 0.6 is 23.2 Å². The summed E-state index contributed by atoms with van der Waals surface area (Å²) in [7, 11) is 1.67. The maximum absolute atomic E-state index is 11.5. The van der Waals surface area contributed by atoms with Gasteiger partial charge in [-0.1, -0.05) is 17.7 Å². The van der Waals surface area contributed by atoms with Crippen LogP contribution in [0.2, 0.25) is 5.02 Å². The molecule has 0 unspecified atom stereocenters. The minimum absolute atomic E-state index is 0.0152. The van der Waals surface area contributed by atoms with Crippen LogP contribution in [-0.2, 0) is 22.7 Å². The Labute approximate surface area is 135 Å². The molecule has 1 fully saturated rings. The first-order valence-electron chi connectivity index (χ1n) is 6.95. The minimum Gasteiger partial charge on any atom is -0.380 e. The molecule has 1 aromatic rings. The molecule has 0 saturated carbocycles. The van der Waals surface area contributed by atoms with Crippen molar-refractivity contribution in [1.29, 1.82) is 0 Å². The van der Waals surface area contributed by atoms with E-state index in [1.165, 1.54) is 5.56 Å². The van der Waals surface area contributed by atoms with Gasteiger partial charge in [0.25, 0.3) is 0 Å². The second-order valence-corrected chi connectivity index (χ2v) is 5.90. The fraction of sp³-hybridized carbons (Fsp3) is 0.533. The number of methoxy groups -OCH3 is 1. The number of rotatable bonds is 5. The standard InChI is InChI=1S/C15H20Cl2N2O2/c1-21-11-13-6-12(7-14(17)8-13)10-18-2-4-19(5-3-18)15(20)9-16/h6-8H,2-5,9-11H2,1H3. The number of hydrogen-bond donors (Lipinski definition) is 0. The van der Waals surface area contributed by atoms with E-state index in [0.717, 1.165) is 43.3 Å². The van der Waals surface area contributed by atoms with Gasteiger partial charge in [-0.2, -0.15) is 0 Å². The molecule has 1 amide bonds. The number of amides is 1. The molecular formula is C15H20Cl2N2O2. The van der Waals surface area contributed by atoms with Crippen molar-refractivity contribution in [2.45, 2.75) is 13.2 Å². The van der Waals surface area contributed by atoms with Crippen molar-refractivity contribution < 1.29 is 9.53 Å². The Morgan fingerprint density at radius 2 is 1.86 bits per heavy atom. The van der Waals surface area contributed by atoms with Crippen LogP contribution in [-0.4, -0.2) is 54.9 Å². The number of halogens is 2. The van der Waals surface area contributed by atoms with Crippen LogP contribution in [0.5, 0.6) is 0 Å². The average Bonchev–Trinajstić information content (AvgIpc) is 2.47. The van der Waals surface area contributed by atoms with Gasteiger partial charge in [0.2, 0.25) is 5.91 Å². The zero-order valence-corrected chi connectivity index (χ0v) is 13.7. The van der Waals surface area contributed by atoms with E-state index >= 15 is 0 Å². The number of alkyl halides is 1. The topological polar surface area (TPSA) is 32.8 Å². The summed E-state index contributed by atoms with van der Waals surface area (Å²) in [5, 5.41) is 0.732. The van der Waals surface area contributed by atoms with Gasteiger partial charge in [0, 0.05) is 44.9 Å².